The molecule has 0 unspecified atom stereocenters. The summed E-state index contributed by atoms with van der Waals surface area (Å²) in [5.41, 5.74) is 0.795. The molecule has 0 aliphatic rings. The molecule has 1 aromatic carbocycles. The summed E-state index contributed by atoms with van der Waals surface area (Å²) in [4.78, 5) is 23.6. The summed E-state index contributed by atoms with van der Waals surface area (Å²) in [6, 6.07) is 11.8. The van der Waals surface area contributed by atoms with E-state index in [-0.39, 0.29) is 0 Å². The van der Waals surface area contributed by atoms with E-state index >= 15 is 0 Å². The highest BCUT2D eigenvalue weighted by Crippen LogP contribution is 2.13. The van der Waals surface area contributed by atoms with Crippen molar-refractivity contribution >= 4 is 11.9 Å². The number of hydrogen-bond donors (Lipinski definition) is 3. The molecule has 0 saturated carbocycles. The standard InChI is InChI=1S/C16H19N3O3/c1-17-16(21)19-15(20)14(12-6-3-2-4-7-12)18-10-9-13-8-5-11-22-13/h2-8,11,14,18H,9-10H2,1H3,(H2,17,19,20,21)/t14-/m1/s1. The molecule has 0 radical (unpaired) electrons. The zero-order chi connectivity index (χ0) is 15.8. The minimum absolute atomic E-state index is 0.398. The van der Waals surface area contributed by atoms with Crippen LogP contribution in [0.3, 0.4) is 0 Å². The van der Waals surface area contributed by atoms with Gasteiger partial charge in [0.2, 0.25) is 5.91 Å². The van der Waals surface area contributed by atoms with Gasteiger partial charge < -0.3 is 15.1 Å². The maximum atomic E-state index is 12.2. The molecule has 1 atom stereocenters. The Balaban J connectivity index is 2.01. The van der Waals surface area contributed by atoms with Gasteiger partial charge in [0.1, 0.15) is 11.8 Å². The summed E-state index contributed by atoms with van der Waals surface area (Å²) >= 11 is 0. The molecule has 1 aromatic heterocycles. The molecule has 0 aliphatic heterocycles. The van der Waals surface area contributed by atoms with Crippen molar-refractivity contribution in [2.24, 2.45) is 0 Å². The second-order valence-electron chi connectivity index (χ2n) is 4.70. The van der Waals surface area contributed by atoms with E-state index in [1.807, 2.05) is 42.5 Å². The minimum atomic E-state index is -0.603. The van der Waals surface area contributed by atoms with Gasteiger partial charge in [0.25, 0.3) is 0 Å². The number of benzene rings is 1. The lowest BCUT2D eigenvalue weighted by atomic mass is 10.1. The van der Waals surface area contributed by atoms with Crippen molar-refractivity contribution in [3.8, 4) is 0 Å². The Hall–Kier alpha value is -2.60. The molecular weight excluding hydrogens is 282 g/mol. The first kappa shape index (κ1) is 15.8. The molecule has 2 aromatic rings. The van der Waals surface area contributed by atoms with Crippen LogP contribution in [0.5, 0.6) is 0 Å². The fourth-order valence-electron chi connectivity index (χ4n) is 2.05. The lowest BCUT2D eigenvalue weighted by Crippen LogP contribution is -2.44. The Bertz CT molecular complexity index is 596. The van der Waals surface area contributed by atoms with Gasteiger partial charge in [-0.25, -0.2) is 4.79 Å². The minimum Gasteiger partial charge on any atom is -0.469 e. The fraction of sp³-hybridized carbons (Fsp3) is 0.250. The molecule has 0 fully saturated rings. The summed E-state index contributed by atoms with van der Waals surface area (Å²) < 4.78 is 5.26. The summed E-state index contributed by atoms with van der Waals surface area (Å²) in [6.45, 7) is 0.550. The van der Waals surface area contributed by atoms with Crippen molar-refractivity contribution in [2.45, 2.75) is 12.5 Å². The molecule has 6 nitrogen and oxygen atoms in total. The first-order valence-electron chi connectivity index (χ1n) is 7.04. The van der Waals surface area contributed by atoms with Crippen LogP contribution in [0.25, 0.3) is 0 Å². The van der Waals surface area contributed by atoms with Crippen molar-refractivity contribution in [2.75, 3.05) is 13.6 Å². The molecule has 0 bridgehead atoms. The number of rotatable bonds is 6. The van der Waals surface area contributed by atoms with E-state index in [1.54, 1.807) is 6.26 Å². The number of amides is 3. The van der Waals surface area contributed by atoms with E-state index in [2.05, 4.69) is 16.0 Å². The van der Waals surface area contributed by atoms with Crippen LogP contribution in [-0.4, -0.2) is 25.5 Å². The average Bonchev–Trinajstić information content (AvgIpc) is 3.05. The Morgan fingerprint density at radius 2 is 1.91 bits per heavy atom. The monoisotopic (exact) mass is 301 g/mol. The highest BCUT2D eigenvalue weighted by atomic mass is 16.3. The molecular formula is C16H19N3O3. The number of hydrogen-bond acceptors (Lipinski definition) is 4. The summed E-state index contributed by atoms with van der Waals surface area (Å²) in [5, 5.41) is 7.82. The third-order valence-electron chi connectivity index (χ3n) is 3.16. The average molecular weight is 301 g/mol. The van der Waals surface area contributed by atoms with Crippen molar-refractivity contribution in [1.82, 2.24) is 16.0 Å². The van der Waals surface area contributed by atoms with E-state index in [0.29, 0.717) is 13.0 Å². The third kappa shape index (κ3) is 4.46. The van der Waals surface area contributed by atoms with Crippen LogP contribution in [0, 0.1) is 0 Å². The van der Waals surface area contributed by atoms with Gasteiger partial charge in [-0.1, -0.05) is 30.3 Å². The number of carbonyl (C=O) groups is 2. The summed E-state index contributed by atoms with van der Waals surface area (Å²) in [7, 11) is 1.46. The van der Waals surface area contributed by atoms with Crippen LogP contribution >= 0.6 is 0 Å². The normalized spacial score (nSPS) is 11.7. The van der Waals surface area contributed by atoms with Gasteiger partial charge in [0, 0.05) is 20.0 Å². The van der Waals surface area contributed by atoms with E-state index < -0.39 is 18.0 Å². The molecule has 0 spiro atoms. The van der Waals surface area contributed by atoms with Crippen LogP contribution in [0.2, 0.25) is 0 Å². The zero-order valence-corrected chi connectivity index (χ0v) is 12.3. The second-order valence-corrected chi connectivity index (χ2v) is 4.70. The van der Waals surface area contributed by atoms with E-state index in [0.717, 1.165) is 11.3 Å². The number of urea groups is 1. The number of carbonyl (C=O) groups excluding carboxylic acids is 2. The first-order valence-corrected chi connectivity index (χ1v) is 7.04. The quantitative estimate of drug-likeness (QED) is 0.757. The van der Waals surface area contributed by atoms with E-state index in [9.17, 15) is 9.59 Å². The third-order valence-corrected chi connectivity index (χ3v) is 3.16. The van der Waals surface area contributed by atoms with Crippen molar-refractivity contribution in [1.29, 1.82) is 0 Å². The topological polar surface area (TPSA) is 83.4 Å². The van der Waals surface area contributed by atoms with Crippen molar-refractivity contribution in [3.63, 3.8) is 0 Å². The Morgan fingerprint density at radius 1 is 1.14 bits per heavy atom. The predicted molar refractivity (Wildman–Crippen MR) is 82.2 cm³/mol. The number of nitrogens with one attached hydrogen (secondary N) is 3. The van der Waals surface area contributed by atoms with Crippen LogP contribution in [-0.2, 0) is 11.2 Å². The van der Waals surface area contributed by atoms with Gasteiger partial charge >= 0.3 is 6.03 Å². The SMILES string of the molecule is CNC(=O)NC(=O)[C@H](NCCc1ccco1)c1ccccc1. The van der Waals surface area contributed by atoms with Crippen LogP contribution < -0.4 is 16.0 Å². The summed E-state index contributed by atoms with van der Waals surface area (Å²) in [6.07, 6.45) is 2.27. The number of imide groups is 1. The highest BCUT2D eigenvalue weighted by Gasteiger charge is 2.21. The first-order chi connectivity index (χ1) is 10.7. The molecule has 6 heteroatoms. The molecule has 1 heterocycles. The molecule has 116 valence electrons. The van der Waals surface area contributed by atoms with Gasteiger partial charge in [0.15, 0.2) is 0 Å². The second kappa shape index (κ2) is 7.99. The maximum absolute atomic E-state index is 12.2. The Morgan fingerprint density at radius 3 is 2.55 bits per heavy atom. The van der Waals surface area contributed by atoms with Crippen LogP contribution in [0.4, 0.5) is 4.79 Å². The lowest BCUT2D eigenvalue weighted by molar-refractivity contribution is -0.122. The van der Waals surface area contributed by atoms with Gasteiger partial charge in [-0.05, 0) is 17.7 Å². The Labute approximate surface area is 128 Å². The van der Waals surface area contributed by atoms with Crippen molar-refractivity contribution < 1.29 is 14.0 Å². The van der Waals surface area contributed by atoms with Gasteiger partial charge in [-0.15, -0.1) is 0 Å². The molecule has 22 heavy (non-hydrogen) atoms. The van der Waals surface area contributed by atoms with Gasteiger partial charge in [-0.3, -0.25) is 10.1 Å². The van der Waals surface area contributed by atoms with E-state index in [1.165, 1.54) is 7.05 Å². The van der Waals surface area contributed by atoms with Crippen LogP contribution in [0.15, 0.2) is 53.1 Å². The van der Waals surface area contributed by atoms with Crippen molar-refractivity contribution in [3.05, 3.63) is 60.1 Å². The number of furan rings is 1. The largest absolute Gasteiger partial charge is 0.469 e. The van der Waals surface area contributed by atoms with Gasteiger partial charge in [-0.2, -0.15) is 0 Å². The lowest BCUT2D eigenvalue weighted by Gasteiger charge is -2.18. The van der Waals surface area contributed by atoms with Crippen LogP contribution in [0.1, 0.15) is 17.4 Å². The molecule has 3 amide bonds. The van der Waals surface area contributed by atoms with E-state index in [4.69, 9.17) is 4.42 Å². The molecule has 2 rings (SSSR count). The predicted octanol–water partition coefficient (Wildman–Crippen LogP) is 1.61. The summed E-state index contributed by atoms with van der Waals surface area (Å²) in [5.74, 6) is 0.441. The maximum Gasteiger partial charge on any atom is 0.321 e. The molecule has 0 aliphatic carbocycles. The molecule has 0 saturated heterocycles. The molecule has 3 N–H and O–H groups in total. The Kier molecular flexibility index (Phi) is 5.73. The zero-order valence-electron chi connectivity index (χ0n) is 12.3. The smallest absolute Gasteiger partial charge is 0.321 e. The highest BCUT2D eigenvalue weighted by molar-refractivity contribution is 5.97. The van der Waals surface area contributed by atoms with Gasteiger partial charge in [0.05, 0.1) is 6.26 Å². The fourth-order valence-corrected chi connectivity index (χ4v) is 2.05.